The molecule has 0 aliphatic carbocycles. The van der Waals surface area contributed by atoms with Crippen LogP contribution in [0.25, 0.3) is 0 Å². The number of hydrogen-bond acceptors (Lipinski definition) is 4. The van der Waals surface area contributed by atoms with E-state index in [1.54, 1.807) is 0 Å². The van der Waals surface area contributed by atoms with E-state index in [0.717, 1.165) is 28.7 Å². The maximum absolute atomic E-state index is 13.6. The van der Waals surface area contributed by atoms with Crippen molar-refractivity contribution in [2.75, 3.05) is 0 Å². The molecule has 0 radical (unpaired) electrons. The first-order chi connectivity index (χ1) is 15.5. The lowest BCUT2D eigenvalue weighted by molar-refractivity contribution is 0.0989. The molecule has 4 aromatic rings. The third-order valence-corrected chi connectivity index (χ3v) is 6.73. The normalized spacial score (nSPS) is 12.0. The summed E-state index contributed by atoms with van der Waals surface area (Å²) in [7, 11) is 0. The fraction of sp³-hybridized carbons (Fsp3) is 0.222. The van der Waals surface area contributed by atoms with Crippen molar-refractivity contribution in [1.29, 1.82) is 0 Å². The van der Waals surface area contributed by atoms with Crippen molar-refractivity contribution in [3.63, 3.8) is 0 Å². The Kier molecular flexibility index (Phi) is 6.86. The lowest BCUT2D eigenvalue weighted by atomic mass is 10.0. The predicted molar refractivity (Wildman–Crippen MR) is 130 cm³/mol. The highest BCUT2D eigenvalue weighted by Gasteiger charge is 2.26. The lowest BCUT2D eigenvalue weighted by Crippen LogP contribution is -2.12. The van der Waals surface area contributed by atoms with Crippen LogP contribution in [0.5, 0.6) is 0 Å². The van der Waals surface area contributed by atoms with Gasteiger partial charge in [0.1, 0.15) is 11.1 Å². The van der Waals surface area contributed by atoms with E-state index in [-0.39, 0.29) is 5.78 Å². The van der Waals surface area contributed by atoms with Crippen LogP contribution in [-0.2, 0) is 13.0 Å². The second kappa shape index (κ2) is 9.96. The summed E-state index contributed by atoms with van der Waals surface area (Å²) < 4.78 is 2.11. The Hall–Kier alpha value is -3.18. The Labute approximate surface area is 193 Å². The van der Waals surface area contributed by atoms with E-state index in [1.807, 2.05) is 61.5 Å². The molecule has 0 amide bonds. The molecule has 0 fully saturated rings. The zero-order valence-electron chi connectivity index (χ0n) is 18.7. The van der Waals surface area contributed by atoms with Gasteiger partial charge in [-0.3, -0.25) is 4.79 Å². The van der Waals surface area contributed by atoms with Gasteiger partial charge in [0.2, 0.25) is 0 Å². The Morgan fingerprint density at radius 2 is 1.50 bits per heavy atom. The first-order valence-electron chi connectivity index (χ1n) is 10.8. The maximum atomic E-state index is 13.6. The molecule has 0 spiro atoms. The number of carbonyl (C=O) groups excluding carboxylic acids is 1. The highest BCUT2D eigenvalue weighted by atomic mass is 32.2. The first kappa shape index (κ1) is 22.0. The molecule has 1 aromatic heterocycles. The van der Waals surface area contributed by atoms with Crippen molar-refractivity contribution in [1.82, 2.24) is 14.8 Å². The van der Waals surface area contributed by atoms with Gasteiger partial charge in [-0.2, -0.15) is 0 Å². The number of hydrogen-bond donors (Lipinski definition) is 0. The minimum absolute atomic E-state index is 0.0779. The van der Waals surface area contributed by atoms with Crippen molar-refractivity contribution in [3.05, 3.63) is 113 Å². The van der Waals surface area contributed by atoms with Crippen LogP contribution in [0.2, 0.25) is 0 Å². The van der Waals surface area contributed by atoms with E-state index >= 15 is 0 Å². The van der Waals surface area contributed by atoms with E-state index in [2.05, 4.69) is 52.9 Å². The minimum Gasteiger partial charge on any atom is -0.306 e. The van der Waals surface area contributed by atoms with Gasteiger partial charge in [0.25, 0.3) is 0 Å². The lowest BCUT2D eigenvalue weighted by Gasteiger charge is -2.17. The summed E-state index contributed by atoms with van der Waals surface area (Å²) in [5.74, 6) is 0.987. The molecule has 1 unspecified atom stereocenters. The zero-order chi connectivity index (χ0) is 22.5. The SMILES string of the molecule is CCn1c(Cc2ccccc2)nnc1SC(C(=O)c1ccc(C)cc1)c1ccc(C)cc1. The summed E-state index contributed by atoms with van der Waals surface area (Å²) in [6, 6.07) is 26.2. The summed E-state index contributed by atoms with van der Waals surface area (Å²) in [5.41, 5.74) is 5.18. The highest BCUT2D eigenvalue weighted by Crippen LogP contribution is 2.37. The zero-order valence-corrected chi connectivity index (χ0v) is 19.5. The van der Waals surface area contributed by atoms with Crippen molar-refractivity contribution >= 4 is 17.5 Å². The molecular formula is C27H27N3OS. The second-order valence-corrected chi connectivity index (χ2v) is 9.02. The van der Waals surface area contributed by atoms with Gasteiger partial charge in [-0.05, 0) is 31.9 Å². The fourth-order valence-corrected chi connectivity index (χ4v) is 4.82. The number of aryl methyl sites for hydroxylation is 2. The van der Waals surface area contributed by atoms with Crippen LogP contribution >= 0.6 is 11.8 Å². The van der Waals surface area contributed by atoms with Gasteiger partial charge < -0.3 is 4.57 Å². The van der Waals surface area contributed by atoms with Crippen LogP contribution in [0.3, 0.4) is 0 Å². The molecule has 0 saturated carbocycles. The van der Waals surface area contributed by atoms with Gasteiger partial charge in [0.05, 0.1) is 0 Å². The number of Topliss-reactive ketones (excluding diaryl/α,β-unsaturated/α-hetero) is 1. The smallest absolute Gasteiger partial charge is 0.192 e. The number of nitrogens with zero attached hydrogens (tertiary/aromatic N) is 3. The van der Waals surface area contributed by atoms with E-state index in [9.17, 15) is 4.79 Å². The number of carbonyl (C=O) groups is 1. The van der Waals surface area contributed by atoms with Crippen LogP contribution in [0.4, 0.5) is 0 Å². The summed E-state index contributed by atoms with van der Waals surface area (Å²) in [4.78, 5) is 13.6. The molecule has 32 heavy (non-hydrogen) atoms. The second-order valence-electron chi connectivity index (χ2n) is 7.94. The topological polar surface area (TPSA) is 47.8 Å². The van der Waals surface area contributed by atoms with Gasteiger partial charge >= 0.3 is 0 Å². The number of aromatic nitrogens is 3. The van der Waals surface area contributed by atoms with Gasteiger partial charge in [0.15, 0.2) is 10.9 Å². The molecule has 0 aliphatic rings. The Bertz CT molecular complexity index is 1180. The monoisotopic (exact) mass is 441 g/mol. The third kappa shape index (κ3) is 5.00. The predicted octanol–water partition coefficient (Wildman–Crippen LogP) is 6.22. The summed E-state index contributed by atoms with van der Waals surface area (Å²) >= 11 is 1.48. The van der Waals surface area contributed by atoms with Gasteiger partial charge in [-0.15, -0.1) is 10.2 Å². The largest absolute Gasteiger partial charge is 0.306 e. The third-order valence-electron chi connectivity index (χ3n) is 5.49. The number of thioether (sulfide) groups is 1. The molecule has 0 aliphatic heterocycles. The van der Waals surface area contributed by atoms with Crippen LogP contribution in [-0.4, -0.2) is 20.5 Å². The van der Waals surface area contributed by atoms with Crippen molar-refractivity contribution < 1.29 is 4.79 Å². The van der Waals surface area contributed by atoms with E-state index in [0.29, 0.717) is 12.0 Å². The first-order valence-corrected chi connectivity index (χ1v) is 11.7. The Balaban J connectivity index is 1.67. The van der Waals surface area contributed by atoms with E-state index in [4.69, 9.17) is 0 Å². The molecule has 1 heterocycles. The number of benzene rings is 3. The van der Waals surface area contributed by atoms with Crippen molar-refractivity contribution in [3.8, 4) is 0 Å². The number of rotatable bonds is 8. The summed E-state index contributed by atoms with van der Waals surface area (Å²) in [6.07, 6.45) is 0.712. The van der Waals surface area contributed by atoms with Crippen LogP contribution < -0.4 is 0 Å². The van der Waals surface area contributed by atoms with Crippen molar-refractivity contribution in [2.45, 2.75) is 44.1 Å². The Morgan fingerprint density at radius 3 is 2.12 bits per heavy atom. The van der Waals surface area contributed by atoms with E-state index < -0.39 is 5.25 Å². The van der Waals surface area contributed by atoms with E-state index in [1.165, 1.54) is 22.9 Å². The molecule has 4 nitrogen and oxygen atoms in total. The average Bonchev–Trinajstić information content (AvgIpc) is 3.20. The van der Waals surface area contributed by atoms with Crippen molar-refractivity contribution in [2.24, 2.45) is 0 Å². The molecular weight excluding hydrogens is 414 g/mol. The molecule has 3 aromatic carbocycles. The van der Waals surface area contributed by atoms with Crippen LogP contribution in [0, 0.1) is 13.8 Å². The quantitative estimate of drug-likeness (QED) is 0.240. The molecule has 1 atom stereocenters. The van der Waals surface area contributed by atoms with Gasteiger partial charge in [-0.1, -0.05) is 102 Å². The summed E-state index contributed by atoms with van der Waals surface area (Å²) in [6.45, 7) is 6.91. The van der Waals surface area contributed by atoms with Crippen LogP contribution in [0.15, 0.2) is 84.0 Å². The number of ketones is 1. The highest BCUT2D eigenvalue weighted by molar-refractivity contribution is 8.00. The molecule has 4 rings (SSSR count). The Morgan fingerprint density at radius 1 is 0.875 bits per heavy atom. The molecule has 0 saturated heterocycles. The van der Waals surface area contributed by atoms with Gasteiger partial charge in [-0.25, -0.2) is 0 Å². The molecule has 162 valence electrons. The fourth-order valence-electron chi connectivity index (χ4n) is 3.62. The standard InChI is InChI=1S/C27H27N3OS/c1-4-30-24(18-21-8-6-5-7-9-21)28-29-27(30)32-26(23-16-12-20(3)13-17-23)25(31)22-14-10-19(2)11-15-22/h5-17,26H,4,18H2,1-3H3. The maximum Gasteiger partial charge on any atom is 0.192 e. The molecule has 5 heteroatoms. The summed E-state index contributed by atoms with van der Waals surface area (Å²) in [5, 5.41) is 9.32. The molecule has 0 bridgehead atoms. The molecule has 0 N–H and O–H groups in total. The minimum atomic E-state index is -0.391. The van der Waals surface area contributed by atoms with Gasteiger partial charge in [0, 0.05) is 18.5 Å². The average molecular weight is 442 g/mol. The van der Waals surface area contributed by atoms with Crippen LogP contribution in [0.1, 0.15) is 50.6 Å².